The van der Waals surface area contributed by atoms with Crippen LogP contribution in [-0.4, -0.2) is 47.4 Å². The summed E-state index contributed by atoms with van der Waals surface area (Å²) in [7, 11) is 2.05. The Balaban J connectivity index is 1.55. The SMILES string of the molecule is Cc1cnc(C)c(N2CCC[C@H](c3nnc(Cn4ccnc4)n3C)C2)n1. The van der Waals surface area contributed by atoms with Crippen LogP contribution in [0.15, 0.2) is 24.9 Å². The first kappa shape index (κ1) is 16.7. The van der Waals surface area contributed by atoms with Crippen LogP contribution in [0.2, 0.25) is 0 Å². The molecule has 0 saturated carbocycles. The molecule has 1 saturated heterocycles. The summed E-state index contributed by atoms with van der Waals surface area (Å²) in [6.45, 7) is 6.60. The second-order valence-electron chi connectivity index (χ2n) is 6.97. The minimum Gasteiger partial charge on any atom is -0.354 e. The van der Waals surface area contributed by atoms with E-state index >= 15 is 0 Å². The van der Waals surface area contributed by atoms with E-state index in [2.05, 4.69) is 36.7 Å². The third kappa shape index (κ3) is 3.18. The lowest BCUT2D eigenvalue weighted by Crippen LogP contribution is -2.36. The fourth-order valence-electron chi connectivity index (χ4n) is 3.62. The van der Waals surface area contributed by atoms with Gasteiger partial charge in [-0.25, -0.2) is 9.97 Å². The van der Waals surface area contributed by atoms with Gasteiger partial charge in [0.05, 0.1) is 24.3 Å². The highest BCUT2D eigenvalue weighted by atomic mass is 15.3. The molecule has 1 aliphatic rings. The Morgan fingerprint density at radius 2 is 2.12 bits per heavy atom. The summed E-state index contributed by atoms with van der Waals surface area (Å²) >= 11 is 0. The molecule has 1 fully saturated rings. The van der Waals surface area contributed by atoms with Crippen LogP contribution >= 0.6 is 0 Å². The Labute approximate surface area is 152 Å². The van der Waals surface area contributed by atoms with Crippen molar-refractivity contribution in [1.82, 2.24) is 34.3 Å². The van der Waals surface area contributed by atoms with Crippen molar-refractivity contribution in [3.63, 3.8) is 0 Å². The molecule has 26 heavy (non-hydrogen) atoms. The maximum Gasteiger partial charge on any atom is 0.152 e. The van der Waals surface area contributed by atoms with E-state index in [4.69, 9.17) is 4.98 Å². The van der Waals surface area contributed by atoms with Gasteiger partial charge in [0, 0.05) is 44.6 Å². The van der Waals surface area contributed by atoms with Crippen LogP contribution in [0.25, 0.3) is 0 Å². The molecule has 4 heterocycles. The smallest absolute Gasteiger partial charge is 0.152 e. The maximum atomic E-state index is 4.71. The predicted octanol–water partition coefficient (Wildman–Crippen LogP) is 1.85. The molecule has 8 nitrogen and oxygen atoms in total. The summed E-state index contributed by atoms with van der Waals surface area (Å²) in [5.41, 5.74) is 1.93. The topological polar surface area (TPSA) is 77.5 Å². The molecule has 0 bridgehead atoms. The Morgan fingerprint density at radius 1 is 1.23 bits per heavy atom. The summed E-state index contributed by atoms with van der Waals surface area (Å²) < 4.78 is 4.13. The normalized spacial score (nSPS) is 17.7. The van der Waals surface area contributed by atoms with Crippen LogP contribution in [0.1, 0.15) is 41.8 Å². The highest BCUT2D eigenvalue weighted by molar-refractivity contribution is 5.44. The van der Waals surface area contributed by atoms with Crippen molar-refractivity contribution >= 4 is 5.82 Å². The number of anilines is 1. The number of nitrogens with zero attached hydrogens (tertiary/aromatic N) is 8. The fourth-order valence-corrected chi connectivity index (χ4v) is 3.62. The molecule has 136 valence electrons. The third-order valence-corrected chi connectivity index (χ3v) is 5.02. The van der Waals surface area contributed by atoms with Gasteiger partial charge in [-0.1, -0.05) is 0 Å². The Hall–Kier alpha value is -2.77. The standard InChI is InChI=1S/C18H24N8/c1-13-9-20-14(2)17(21-13)26-7-4-5-15(10-26)18-23-22-16(24(18)3)11-25-8-6-19-12-25/h6,8-9,12,15H,4-5,7,10-11H2,1-3H3/t15-/m0/s1. The van der Waals surface area contributed by atoms with E-state index in [1.165, 1.54) is 0 Å². The molecule has 3 aromatic rings. The lowest BCUT2D eigenvalue weighted by Gasteiger charge is -2.33. The predicted molar refractivity (Wildman–Crippen MR) is 98.0 cm³/mol. The summed E-state index contributed by atoms with van der Waals surface area (Å²) in [5, 5.41) is 8.92. The molecule has 4 rings (SSSR count). The van der Waals surface area contributed by atoms with Gasteiger partial charge in [0.1, 0.15) is 11.6 Å². The lowest BCUT2D eigenvalue weighted by molar-refractivity contribution is 0.474. The van der Waals surface area contributed by atoms with Gasteiger partial charge in [0.15, 0.2) is 5.82 Å². The van der Waals surface area contributed by atoms with Gasteiger partial charge < -0.3 is 14.0 Å². The Kier molecular flexibility index (Phi) is 4.40. The number of rotatable bonds is 4. The van der Waals surface area contributed by atoms with Crippen LogP contribution in [0.5, 0.6) is 0 Å². The van der Waals surface area contributed by atoms with Crippen LogP contribution in [0, 0.1) is 13.8 Å². The lowest BCUT2D eigenvalue weighted by atomic mass is 9.97. The maximum absolute atomic E-state index is 4.71. The van der Waals surface area contributed by atoms with Crippen molar-refractivity contribution in [2.45, 2.75) is 39.2 Å². The molecule has 0 amide bonds. The van der Waals surface area contributed by atoms with Gasteiger partial charge in [-0.05, 0) is 26.7 Å². The van der Waals surface area contributed by atoms with Gasteiger partial charge in [0.2, 0.25) is 0 Å². The first-order valence-corrected chi connectivity index (χ1v) is 9.01. The molecule has 1 atom stereocenters. The minimum atomic E-state index is 0.347. The van der Waals surface area contributed by atoms with E-state index in [1.807, 2.05) is 30.8 Å². The second kappa shape index (κ2) is 6.86. The van der Waals surface area contributed by atoms with Gasteiger partial charge >= 0.3 is 0 Å². The van der Waals surface area contributed by atoms with Crippen LogP contribution in [-0.2, 0) is 13.6 Å². The molecule has 0 N–H and O–H groups in total. The van der Waals surface area contributed by atoms with Gasteiger partial charge in [-0.15, -0.1) is 10.2 Å². The van der Waals surface area contributed by atoms with Crippen LogP contribution < -0.4 is 4.90 Å². The minimum absolute atomic E-state index is 0.347. The first-order chi connectivity index (χ1) is 12.6. The zero-order valence-corrected chi connectivity index (χ0v) is 15.5. The first-order valence-electron chi connectivity index (χ1n) is 9.01. The Morgan fingerprint density at radius 3 is 2.92 bits per heavy atom. The fraction of sp³-hybridized carbons (Fsp3) is 0.500. The summed E-state index contributed by atoms with van der Waals surface area (Å²) in [6, 6.07) is 0. The van der Waals surface area contributed by atoms with Gasteiger partial charge in [0.25, 0.3) is 0 Å². The van der Waals surface area contributed by atoms with Crippen molar-refractivity contribution in [3.05, 3.63) is 48.0 Å². The average molecular weight is 352 g/mol. The number of imidazole rings is 1. The van der Waals surface area contributed by atoms with E-state index in [-0.39, 0.29) is 0 Å². The van der Waals surface area contributed by atoms with E-state index in [1.54, 1.807) is 12.5 Å². The largest absolute Gasteiger partial charge is 0.354 e. The van der Waals surface area contributed by atoms with Crippen LogP contribution in [0.3, 0.4) is 0 Å². The van der Waals surface area contributed by atoms with Crippen molar-refractivity contribution < 1.29 is 0 Å². The molecule has 3 aromatic heterocycles. The molecule has 0 spiro atoms. The van der Waals surface area contributed by atoms with Gasteiger partial charge in [-0.2, -0.15) is 0 Å². The summed E-state index contributed by atoms with van der Waals surface area (Å²) in [6.07, 6.45) is 9.58. The number of hydrogen-bond donors (Lipinski definition) is 0. The van der Waals surface area contributed by atoms with E-state index < -0.39 is 0 Å². The molecule has 1 aliphatic heterocycles. The molecule has 0 unspecified atom stereocenters. The zero-order valence-electron chi connectivity index (χ0n) is 15.5. The number of piperidine rings is 1. The number of aromatic nitrogens is 7. The van der Waals surface area contributed by atoms with E-state index in [0.717, 1.165) is 54.8 Å². The number of hydrogen-bond acceptors (Lipinski definition) is 6. The molecule has 0 aromatic carbocycles. The third-order valence-electron chi connectivity index (χ3n) is 5.02. The van der Waals surface area contributed by atoms with Crippen molar-refractivity contribution in [2.75, 3.05) is 18.0 Å². The average Bonchev–Trinajstić information content (AvgIpc) is 3.28. The van der Waals surface area contributed by atoms with Crippen molar-refractivity contribution in [3.8, 4) is 0 Å². The van der Waals surface area contributed by atoms with Gasteiger partial charge in [-0.3, -0.25) is 4.98 Å². The van der Waals surface area contributed by atoms with Crippen LogP contribution in [0.4, 0.5) is 5.82 Å². The molecular weight excluding hydrogens is 328 g/mol. The van der Waals surface area contributed by atoms with Crippen molar-refractivity contribution in [2.24, 2.45) is 7.05 Å². The second-order valence-corrected chi connectivity index (χ2v) is 6.97. The zero-order chi connectivity index (χ0) is 18.1. The molecule has 0 radical (unpaired) electrons. The highest BCUT2D eigenvalue weighted by Crippen LogP contribution is 2.29. The number of aryl methyl sites for hydroxylation is 2. The molecule has 8 heteroatoms. The van der Waals surface area contributed by atoms with E-state index in [9.17, 15) is 0 Å². The highest BCUT2D eigenvalue weighted by Gasteiger charge is 2.27. The monoisotopic (exact) mass is 352 g/mol. The quantitative estimate of drug-likeness (QED) is 0.713. The van der Waals surface area contributed by atoms with Crippen molar-refractivity contribution in [1.29, 1.82) is 0 Å². The molecular formula is C18H24N8. The molecule has 0 aliphatic carbocycles. The summed E-state index contributed by atoms with van der Waals surface area (Å²) in [5.74, 6) is 3.33. The Bertz CT molecular complexity index is 883. The summed E-state index contributed by atoms with van der Waals surface area (Å²) in [4.78, 5) is 15.6. The van der Waals surface area contributed by atoms with E-state index in [0.29, 0.717) is 12.5 Å².